The minimum Gasteiger partial charge on any atom is -0.493 e. The van der Waals surface area contributed by atoms with Crippen LogP contribution in [0.5, 0.6) is 5.75 Å². The van der Waals surface area contributed by atoms with Crippen LogP contribution in [0.2, 0.25) is 0 Å². The largest absolute Gasteiger partial charge is 0.493 e. The third-order valence-electron chi connectivity index (χ3n) is 5.76. The van der Waals surface area contributed by atoms with E-state index in [4.69, 9.17) is 4.74 Å². The first-order valence-electron chi connectivity index (χ1n) is 10.1. The van der Waals surface area contributed by atoms with Crippen LogP contribution in [0.1, 0.15) is 36.3 Å². The van der Waals surface area contributed by atoms with E-state index in [9.17, 15) is 10.1 Å². The second-order valence-corrected chi connectivity index (χ2v) is 8.73. The minimum absolute atomic E-state index is 0. The number of halogens is 2. The number of likely N-dealkylation sites (tertiary alicyclic amines) is 1. The number of rotatable bonds is 6. The fraction of sp³-hybridized carbons (Fsp3) is 0.391. The summed E-state index contributed by atoms with van der Waals surface area (Å²) in [5, 5.41) is 12.1. The SMILES string of the molecule is Cl.N#Cc1ccc2c(c1)[C@@H]1CN(CCCCC(=O)Nc3ccc(Br)cc3)C[C@H]1CO2. The number of carbonyl (C=O) groups excluding carboxylic acids is 1. The van der Waals surface area contributed by atoms with Gasteiger partial charge in [0.1, 0.15) is 5.75 Å². The molecule has 2 aromatic carbocycles. The van der Waals surface area contributed by atoms with Crippen molar-refractivity contribution in [1.82, 2.24) is 4.90 Å². The van der Waals surface area contributed by atoms with Crippen LogP contribution in [0.4, 0.5) is 5.69 Å². The lowest BCUT2D eigenvalue weighted by Gasteiger charge is -2.27. The molecule has 2 aromatic rings. The Kier molecular flexibility index (Phi) is 7.76. The van der Waals surface area contributed by atoms with Gasteiger partial charge in [0.15, 0.2) is 0 Å². The van der Waals surface area contributed by atoms with Crippen molar-refractivity contribution < 1.29 is 9.53 Å². The summed E-state index contributed by atoms with van der Waals surface area (Å²) in [5.74, 6) is 1.91. The Morgan fingerprint density at radius 3 is 2.77 bits per heavy atom. The number of nitrogens with zero attached hydrogens (tertiary/aromatic N) is 2. The van der Waals surface area contributed by atoms with Crippen LogP contribution >= 0.6 is 28.3 Å². The van der Waals surface area contributed by atoms with E-state index >= 15 is 0 Å². The molecule has 1 N–H and O–H groups in total. The molecule has 2 heterocycles. The van der Waals surface area contributed by atoms with Crippen molar-refractivity contribution >= 4 is 39.9 Å². The summed E-state index contributed by atoms with van der Waals surface area (Å²) in [4.78, 5) is 14.6. The molecule has 2 atom stereocenters. The summed E-state index contributed by atoms with van der Waals surface area (Å²) < 4.78 is 6.91. The molecule has 2 aliphatic rings. The Labute approximate surface area is 191 Å². The molecule has 7 heteroatoms. The molecule has 5 nitrogen and oxygen atoms in total. The summed E-state index contributed by atoms with van der Waals surface area (Å²) in [5.41, 5.74) is 2.71. The number of benzene rings is 2. The fourth-order valence-corrected chi connectivity index (χ4v) is 4.54. The highest BCUT2D eigenvalue weighted by atomic mass is 79.9. The van der Waals surface area contributed by atoms with Gasteiger partial charge >= 0.3 is 0 Å². The van der Waals surface area contributed by atoms with Crippen LogP contribution in [0.3, 0.4) is 0 Å². The van der Waals surface area contributed by atoms with Crippen LogP contribution in [-0.4, -0.2) is 37.0 Å². The normalized spacial score (nSPS) is 19.6. The molecule has 0 spiro atoms. The van der Waals surface area contributed by atoms with E-state index in [1.807, 2.05) is 42.5 Å². The van der Waals surface area contributed by atoms with E-state index in [2.05, 4.69) is 32.2 Å². The van der Waals surface area contributed by atoms with Gasteiger partial charge in [-0.25, -0.2) is 0 Å². The molecule has 158 valence electrons. The molecule has 1 amide bonds. The molecule has 0 aromatic heterocycles. The summed E-state index contributed by atoms with van der Waals surface area (Å²) in [7, 11) is 0. The van der Waals surface area contributed by atoms with Gasteiger partial charge in [0, 0.05) is 47.1 Å². The number of nitriles is 1. The second kappa shape index (κ2) is 10.3. The molecule has 0 radical (unpaired) electrons. The predicted molar refractivity (Wildman–Crippen MR) is 123 cm³/mol. The van der Waals surface area contributed by atoms with Crippen molar-refractivity contribution in [2.75, 3.05) is 31.6 Å². The van der Waals surface area contributed by atoms with Gasteiger partial charge in [0.25, 0.3) is 0 Å². The highest BCUT2D eigenvalue weighted by Gasteiger charge is 2.38. The standard InChI is InChI=1S/C23H24BrN3O2.ClH/c24-18-5-7-19(8-6-18)26-23(28)3-1-2-10-27-13-17-15-29-22-9-4-16(12-25)11-20(22)21(17)14-27;/h4-9,11,17,21H,1-3,10,13-15H2,(H,26,28);1H/t17-,21+;/m0./s1. The van der Waals surface area contributed by atoms with Crippen LogP contribution < -0.4 is 10.1 Å². The molecule has 0 bridgehead atoms. The van der Waals surface area contributed by atoms with Gasteiger partial charge in [-0.15, -0.1) is 12.4 Å². The second-order valence-electron chi connectivity index (χ2n) is 7.81. The van der Waals surface area contributed by atoms with E-state index in [0.717, 1.165) is 55.0 Å². The number of fused-ring (bicyclic) bond motifs is 3. The zero-order valence-electron chi connectivity index (χ0n) is 16.6. The zero-order valence-corrected chi connectivity index (χ0v) is 19.0. The third kappa shape index (κ3) is 5.34. The van der Waals surface area contributed by atoms with Crippen molar-refractivity contribution in [3.05, 3.63) is 58.1 Å². The van der Waals surface area contributed by atoms with Gasteiger partial charge in [0.05, 0.1) is 18.2 Å². The number of anilines is 1. The molecule has 1 fully saturated rings. The molecular weight excluding hydrogens is 466 g/mol. The smallest absolute Gasteiger partial charge is 0.224 e. The van der Waals surface area contributed by atoms with Crippen molar-refractivity contribution in [3.8, 4) is 11.8 Å². The number of hydrogen-bond donors (Lipinski definition) is 1. The van der Waals surface area contributed by atoms with Crippen LogP contribution in [0.25, 0.3) is 0 Å². The lowest BCUT2D eigenvalue weighted by molar-refractivity contribution is -0.116. The molecule has 2 aliphatic heterocycles. The van der Waals surface area contributed by atoms with Crippen molar-refractivity contribution in [1.29, 1.82) is 5.26 Å². The van der Waals surface area contributed by atoms with E-state index in [1.165, 1.54) is 5.56 Å². The molecular formula is C23H25BrClN3O2. The summed E-state index contributed by atoms with van der Waals surface area (Å²) in [6.07, 6.45) is 2.41. The average molecular weight is 491 g/mol. The Hall–Kier alpha value is -2.07. The van der Waals surface area contributed by atoms with Crippen LogP contribution in [-0.2, 0) is 4.79 Å². The first-order chi connectivity index (χ1) is 14.1. The van der Waals surface area contributed by atoms with Gasteiger partial charge in [-0.1, -0.05) is 15.9 Å². The highest BCUT2D eigenvalue weighted by Crippen LogP contribution is 2.41. The topological polar surface area (TPSA) is 65.4 Å². The first kappa shape index (κ1) is 22.6. The average Bonchev–Trinajstić information content (AvgIpc) is 3.16. The van der Waals surface area contributed by atoms with Gasteiger partial charge in [-0.05, 0) is 61.9 Å². The van der Waals surface area contributed by atoms with E-state index in [0.29, 0.717) is 23.8 Å². The van der Waals surface area contributed by atoms with E-state index in [1.54, 1.807) is 0 Å². The van der Waals surface area contributed by atoms with Gasteiger partial charge in [-0.3, -0.25) is 4.79 Å². The van der Waals surface area contributed by atoms with Crippen molar-refractivity contribution in [2.45, 2.75) is 25.2 Å². The predicted octanol–water partition coefficient (Wildman–Crippen LogP) is 4.96. The number of carbonyl (C=O) groups is 1. The summed E-state index contributed by atoms with van der Waals surface area (Å²) in [6, 6.07) is 15.6. The van der Waals surface area contributed by atoms with Crippen molar-refractivity contribution in [2.24, 2.45) is 5.92 Å². The maximum Gasteiger partial charge on any atom is 0.224 e. The van der Waals surface area contributed by atoms with Gasteiger partial charge < -0.3 is 15.0 Å². The lowest BCUT2D eigenvalue weighted by Crippen LogP contribution is -2.25. The summed E-state index contributed by atoms with van der Waals surface area (Å²) >= 11 is 3.39. The monoisotopic (exact) mass is 489 g/mol. The highest BCUT2D eigenvalue weighted by molar-refractivity contribution is 9.10. The number of amides is 1. The maximum absolute atomic E-state index is 12.1. The zero-order chi connectivity index (χ0) is 20.2. The summed E-state index contributed by atoms with van der Waals surface area (Å²) in [6.45, 7) is 3.76. The molecule has 1 saturated heterocycles. The number of unbranched alkanes of at least 4 members (excludes halogenated alkanes) is 1. The third-order valence-corrected chi connectivity index (χ3v) is 6.29. The molecule has 4 rings (SSSR count). The van der Waals surface area contributed by atoms with Gasteiger partial charge in [0.2, 0.25) is 5.91 Å². The number of hydrogen-bond acceptors (Lipinski definition) is 4. The fourth-order valence-electron chi connectivity index (χ4n) is 4.28. The molecule has 30 heavy (non-hydrogen) atoms. The Bertz CT molecular complexity index is 929. The van der Waals surface area contributed by atoms with Crippen LogP contribution in [0, 0.1) is 17.2 Å². The number of ether oxygens (including phenoxy) is 1. The van der Waals surface area contributed by atoms with E-state index < -0.39 is 0 Å². The van der Waals surface area contributed by atoms with Gasteiger partial charge in [-0.2, -0.15) is 5.26 Å². The first-order valence-corrected chi connectivity index (χ1v) is 10.9. The Morgan fingerprint density at radius 2 is 2.00 bits per heavy atom. The maximum atomic E-state index is 12.1. The number of nitrogens with one attached hydrogen (secondary N) is 1. The van der Waals surface area contributed by atoms with Crippen LogP contribution in [0.15, 0.2) is 46.9 Å². The Morgan fingerprint density at radius 1 is 1.20 bits per heavy atom. The van der Waals surface area contributed by atoms with E-state index in [-0.39, 0.29) is 18.3 Å². The quantitative estimate of drug-likeness (QED) is 0.581. The molecule has 0 aliphatic carbocycles. The minimum atomic E-state index is 0. The molecule has 0 unspecified atom stereocenters. The Balaban J connectivity index is 0.00000256. The lowest BCUT2D eigenvalue weighted by atomic mass is 9.86. The van der Waals surface area contributed by atoms with Crippen molar-refractivity contribution in [3.63, 3.8) is 0 Å². The molecule has 0 saturated carbocycles.